The van der Waals surface area contributed by atoms with Crippen LogP contribution in [0.4, 0.5) is 0 Å². The number of fused-ring (bicyclic) bond motifs is 2. The van der Waals surface area contributed by atoms with E-state index < -0.39 is 0 Å². The molecule has 3 fully saturated rings. The molecule has 0 aromatic heterocycles. The molecule has 0 saturated heterocycles. The zero-order valence-corrected chi connectivity index (χ0v) is 10.9. The average molecular weight is 335 g/mol. The zero-order valence-electron chi connectivity index (χ0n) is 6.24. The first-order valence-corrected chi connectivity index (χ1v) is 6.55. The molecular formula is C8H8Br2Cl2. The van der Waals surface area contributed by atoms with Crippen molar-refractivity contribution in [3.63, 3.8) is 0 Å². The summed E-state index contributed by atoms with van der Waals surface area (Å²) < 4.78 is -0.138. The number of hydrogen-bond acceptors (Lipinski definition) is 0. The van der Waals surface area contributed by atoms with Gasteiger partial charge in [0.2, 0.25) is 0 Å². The van der Waals surface area contributed by atoms with Gasteiger partial charge in [0.1, 0.15) is 4.33 Å². The highest BCUT2D eigenvalue weighted by Crippen LogP contribution is 2.78. The first-order chi connectivity index (χ1) is 5.45. The van der Waals surface area contributed by atoms with Crippen molar-refractivity contribution in [2.45, 2.75) is 20.4 Å². The molecule has 3 saturated carbocycles. The Bertz CT molecular complexity index is 205. The van der Waals surface area contributed by atoms with Gasteiger partial charge in [-0.15, -0.1) is 23.2 Å². The van der Waals surface area contributed by atoms with Crippen LogP contribution in [0.15, 0.2) is 0 Å². The summed E-state index contributed by atoms with van der Waals surface area (Å²) in [6.07, 6.45) is 2.39. The van der Waals surface area contributed by atoms with E-state index in [0.717, 1.165) is 11.8 Å². The van der Waals surface area contributed by atoms with E-state index in [1.165, 1.54) is 12.8 Å². The van der Waals surface area contributed by atoms with Gasteiger partial charge in [0, 0.05) is 0 Å². The summed E-state index contributed by atoms with van der Waals surface area (Å²) in [5.41, 5.74) is 0. The smallest absolute Gasteiger partial charge is 0.101 e. The minimum atomic E-state index is -0.372. The second-order valence-electron chi connectivity index (χ2n) is 4.25. The summed E-state index contributed by atoms with van der Waals surface area (Å²) in [7, 11) is 0. The molecule has 3 aliphatic carbocycles. The van der Waals surface area contributed by atoms with E-state index in [2.05, 4.69) is 31.9 Å². The summed E-state index contributed by atoms with van der Waals surface area (Å²) in [6, 6.07) is 0. The quantitative estimate of drug-likeness (QED) is 0.589. The molecule has 0 amide bonds. The molecule has 0 unspecified atom stereocenters. The predicted molar refractivity (Wildman–Crippen MR) is 58.2 cm³/mol. The molecule has 0 radical (unpaired) electrons. The van der Waals surface area contributed by atoms with Crippen molar-refractivity contribution in [1.82, 2.24) is 0 Å². The molecule has 0 spiro atoms. The van der Waals surface area contributed by atoms with Crippen molar-refractivity contribution >= 4 is 55.1 Å². The van der Waals surface area contributed by atoms with Crippen molar-refractivity contribution in [3.8, 4) is 0 Å². The molecule has 0 N–H and O–H groups in total. The molecule has 3 rings (SSSR count). The van der Waals surface area contributed by atoms with Crippen LogP contribution in [0.2, 0.25) is 0 Å². The van der Waals surface area contributed by atoms with Crippen LogP contribution in [0.25, 0.3) is 0 Å². The van der Waals surface area contributed by atoms with Crippen LogP contribution < -0.4 is 0 Å². The fourth-order valence-electron chi connectivity index (χ4n) is 2.75. The first-order valence-electron chi connectivity index (χ1n) is 4.21. The van der Waals surface area contributed by atoms with Gasteiger partial charge in [0.25, 0.3) is 0 Å². The first kappa shape index (κ1) is 8.82. The molecule has 0 aliphatic heterocycles. The molecule has 12 heavy (non-hydrogen) atoms. The summed E-state index contributed by atoms with van der Waals surface area (Å²) in [6.45, 7) is 0. The Balaban J connectivity index is 1.80. The Hall–Kier alpha value is 1.54. The van der Waals surface area contributed by atoms with Crippen LogP contribution in [-0.4, -0.2) is 7.57 Å². The summed E-state index contributed by atoms with van der Waals surface area (Å²) in [5, 5.41) is 0. The standard InChI is InChI=1S/C8H8Br2Cl2/c9-7(10)3-1-5-6(2-4(3)7)8(5,11)12/h3-6H,1-2H2/t3-,4+,5-,6+. The highest BCUT2D eigenvalue weighted by molar-refractivity contribution is 9.25. The second-order valence-corrected chi connectivity index (χ2v) is 9.38. The van der Waals surface area contributed by atoms with Gasteiger partial charge in [-0.1, -0.05) is 31.9 Å². The van der Waals surface area contributed by atoms with Gasteiger partial charge in [-0.25, -0.2) is 0 Å². The lowest BCUT2D eigenvalue weighted by Crippen LogP contribution is -1.95. The van der Waals surface area contributed by atoms with E-state index in [9.17, 15) is 0 Å². The maximum absolute atomic E-state index is 6.13. The van der Waals surface area contributed by atoms with Gasteiger partial charge in [-0.05, 0) is 36.5 Å². The van der Waals surface area contributed by atoms with Gasteiger partial charge in [-0.3, -0.25) is 0 Å². The van der Waals surface area contributed by atoms with Crippen molar-refractivity contribution in [1.29, 1.82) is 0 Å². The fraction of sp³-hybridized carbons (Fsp3) is 1.00. The third-order valence-corrected chi connectivity index (χ3v) is 7.22. The summed E-state index contributed by atoms with van der Waals surface area (Å²) in [5.74, 6) is 2.66. The van der Waals surface area contributed by atoms with Crippen LogP contribution in [0.1, 0.15) is 12.8 Å². The van der Waals surface area contributed by atoms with Gasteiger partial charge in [0.05, 0.1) is 3.23 Å². The largest absolute Gasteiger partial charge is 0.124 e. The van der Waals surface area contributed by atoms with E-state index in [0.29, 0.717) is 11.8 Å². The van der Waals surface area contributed by atoms with Crippen LogP contribution in [-0.2, 0) is 0 Å². The molecule has 4 heteroatoms. The molecule has 0 heterocycles. The van der Waals surface area contributed by atoms with Crippen LogP contribution in [0.5, 0.6) is 0 Å². The third kappa shape index (κ3) is 0.910. The van der Waals surface area contributed by atoms with Crippen LogP contribution in [0.3, 0.4) is 0 Å². The summed E-state index contributed by atoms with van der Waals surface area (Å²) in [4.78, 5) is 0. The lowest BCUT2D eigenvalue weighted by Gasteiger charge is -2.02. The van der Waals surface area contributed by atoms with E-state index >= 15 is 0 Å². The third-order valence-electron chi connectivity index (χ3n) is 3.75. The number of alkyl halides is 4. The minimum Gasteiger partial charge on any atom is -0.101 e. The predicted octanol–water partition coefficient (Wildman–Crippen LogP) is 3.93. The molecule has 4 atom stereocenters. The molecule has 3 aliphatic rings. The Kier molecular flexibility index (Phi) is 1.62. The topological polar surface area (TPSA) is 0 Å². The molecule has 68 valence electrons. The lowest BCUT2D eigenvalue weighted by molar-refractivity contribution is 0.457. The Morgan fingerprint density at radius 1 is 0.917 bits per heavy atom. The fourth-order valence-corrected chi connectivity index (χ4v) is 5.35. The monoisotopic (exact) mass is 332 g/mol. The normalized spacial score (nSPS) is 57.0. The highest BCUT2D eigenvalue weighted by atomic mass is 79.9. The Morgan fingerprint density at radius 3 is 1.75 bits per heavy atom. The van der Waals surface area contributed by atoms with Gasteiger partial charge in [0.15, 0.2) is 0 Å². The van der Waals surface area contributed by atoms with E-state index in [1.54, 1.807) is 0 Å². The molecule has 0 aromatic carbocycles. The average Bonchev–Trinajstić information content (AvgIpc) is 2.72. The van der Waals surface area contributed by atoms with E-state index in [4.69, 9.17) is 23.2 Å². The van der Waals surface area contributed by atoms with E-state index in [-0.39, 0.29) is 7.57 Å². The van der Waals surface area contributed by atoms with Crippen LogP contribution in [0, 0.1) is 23.7 Å². The van der Waals surface area contributed by atoms with E-state index in [1.807, 2.05) is 0 Å². The highest BCUT2D eigenvalue weighted by Gasteiger charge is 2.75. The Morgan fingerprint density at radius 2 is 1.33 bits per heavy atom. The zero-order chi connectivity index (χ0) is 8.72. The van der Waals surface area contributed by atoms with Gasteiger partial charge in [-0.2, -0.15) is 0 Å². The van der Waals surface area contributed by atoms with Crippen molar-refractivity contribution < 1.29 is 0 Å². The second kappa shape index (κ2) is 2.20. The SMILES string of the molecule is ClC1(Cl)[C@@H]2C[C@@H]3[C@H](C[C@@H]21)C3(Br)Br. The number of halogens is 4. The van der Waals surface area contributed by atoms with Crippen molar-refractivity contribution in [2.75, 3.05) is 0 Å². The lowest BCUT2D eigenvalue weighted by atomic mass is 10.0. The maximum atomic E-state index is 6.13. The van der Waals surface area contributed by atoms with Gasteiger partial charge < -0.3 is 0 Å². The summed E-state index contributed by atoms with van der Waals surface area (Å²) >= 11 is 19.6. The number of rotatable bonds is 0. The molecule has 0 nitrogen and oxygen atoms in total. The Labute approximate surface area is 98.6 Å². The number of hydrogen-bond donors (Lipinski definition) is 0. The maximum Gasteiger partial charge on any atom is 0.124 e. The minimum absolute atomic E-state index is 0.233. The van der Waals surface area contributed by atoms with Crippen LogP contribution >= 0.6 is 55.1 Å². The van der Waals surface area contributed by atoms with Crippen molar-refractivity contribution in [3.05, 3.63) is 0 Å². The molecular weight excluding hydrogens is 327 g/mol. The molecule has 0 aromatic rings. The molecule has 0 bridgehead atoms. The van der Waals surface area contributed by atoms with Crippen molar-refractivity contribution in [2.24, 2.45) is 23.7 Å². The van der Waals surface area contributed by atoms with Gasteiger partial charge >= 0.3 is 0 Å².